The van der Waals surface area contributed by atoms with Crippen LogP contribution in [0.3, 0.4) is 0 Å². The van der Waals surface area contributed by atoms with Crippen molar-refractivity contribution in [2.75, 3.05) is 36.0 Å². The molecule has 8 nitrogen and oxygen atoms in total. The van der Waals surface area contributed by atoms with E-state index in [0.29, 0.717) is 24.4 Å². The zero-order chi connectivity index (χ0) is 22.6. The first-order chi connectivity index (χ1) is 14.6. The van der Waals surface area contributed by atoms with Gasteiger partial charge >= 0.3 is 0 Å². The van der Waals surface area contributed by atoms with E-state index in [2.05, 4.69) is 0 Å². The van der Waals surface area contributed by atoms with Gasteiger partial charge in [0, 0.05) is 19.6 Å². The molecule has 1 atom stereocenters. The zero-order valence-electron chi connectivity index (χ0n) is 17.4. The summed E-state index contributed by atoms with van der Waals surface area (Å²) in [5, 5.41) is 1.71. The number of sulfonamides is 1. The molecule has 0 bridgehead atoms. The van der Waals surface area contributed by atoms with E-state index in [4.69, 9.17) is 4.74 Å². The predicted octanol–water partition coefficient (Wildman–Crippen LogP) is 2.38. The standard InChI is InChI=1S/C20H26N2O6S3/c1-3-11-22(17-10-13-30(24,25)15-17)19(23)14-28-18-8-6-16(7-9-18)21(2)31(26,27)20-5-4-12-29-20/h4-9,12,17H,3,10-11,13-15H2,1-2H3. The number of hydrogen-bond acceptors (Lipinski definition) is 7. The molecule has 0 radical (unpaired) electrons. The first-order valence-electron chi connectivity index (χ1n) is 9.89. The lowest BCUT2D eigenvalue weighted by atomic mass is 10.2. The summed E-state index contributed by atoms with van der Waals surface area (Å²) in [6, 6.07) is 9.36. The van der Waals surface area contributed by atoms with Crippen LogP contribution >= 0.6 is 11.3 Å². The first-order valence-corrected chi connectivity index (χ1v) is 14.0. The maximum Gasteiger partial charge on any atom is 0.273 e. The summed E-state index contributed by atoms with van der Waals surface area (Å²) in [7, 11) is -5.23. The minimum atomic E-state index is -3.62. The van der Waals surface area contributed by atoms with Crippen molar-refractivity contribution in [3.05, 3.63) is 41.8 Å². The number of sulfone groups is 1. The molecular formula is C20H26N2O6S3. The highest BCUT2D eigenvalue weighted by atomic mass is 32.2. The Balaban J connectivity index is 1.62. The molecule has 1 saturated heterocycles. The largest absolute Gasteiger partial charge is 0.484 e. The molecule has 1 unspecified atom stereocenters. The molecule has 1 aromatic carbocycles. The SMILES string of the molecule is CCCN(C(=O)COc1ccc(N(C)S(=O)(=O)c2cccs2)cc1)C1CCS(=O)(=O)C1. The predicted molar refractivity (Wildman–Crippen MR) is 121 cm³/mol. The Morgan fingerprint density at radius 2 is 1.94 bits per heavy atom. The third-order valence-corrected chi connectivity index (χ3v) is 10.0. The van der Waals surface area contributed by atoms with Crippen LogP contribution in [0.5, 0.6) is 5.75 Å². The topological polar surface area (TPSA) is 101 Å². The fourth-order valence-corrected chi connectivity index (χ4v) is 7.52. The van der Waals surface area contributed by atoms with Gasteiger partial charge in [0.15, 0.2) is 16.4 Å². The summed E-state index contributed by atoms with van der Waals surface area (Å²) in [5.74, 6) is 0.272. The summed E-state index contributed by atoms with van der Waals surface area (Å²) in [6.45, 7) is 2.20. The van der Waals surface area contributed by atoms with Crippen molar-refractivity contribution in [1.82, 2.24) is 4.90 Å². The molecule has 0 spiro atoms. The minimum absolute atomic E-state index is 0.00150. The van der Waals surface area contributed by atoms with Crippen molar-refractivity contribution in [3.8, 4) is 5.75 Å². The van der Waals surface area contributed by atoms with Crippen LogP contribution in [0.1, 0.15) is 19.8 Å². The number of ether oxygens (including phenoxy) is 1. The Bertz CT molecular complexity index is 1100. The number of rotatable bonds is 9. The number of amides is 1. The number of hydrogen-bond donors (Lipinski definition) is 0. The van der Waals surface area contributed by atoms with Crippen molar-refractivity contribution < 1.29 is 26.4 Å². The zero-order valence-corrected chi connectivity index (χ0v) is 19.9. The third kappa shape index (κ3) is 5.58. The highest BCUT2D eigenvalue weighted by Gasteiger charge is 2.34. The number of anilines is 1. The quantitative estimate of drug-likeness (QED) is 0.539. The molecule has 1 fully saturated rings. The van der Waals surface area contributed by atoms with Crippen LogP contribution in [0.15, 0.2) is 46.0 Å². The number of thiophene rings is 1. The van der Waals surface area contributed by atoms with Crippen molar-refractivity contribution in [2.45, 2.75) is 30.0 Å². The van der Waals surface area contributed by atoms with Gasteiger partial charge in [-0.25, -0.2) is 16.8 Å². The van der Waals surface area contributed by atoms with Gasteiger partial charge in [0.25, 0.3) is 15.9 Å². The van der Waals surface area contributed by atoms with Crippen LogP contribution in [0.2, 0.25) is 0 Å². The summed E-state index contributed by atoms with van der Waals surface area (Å²) in [4.78, 5) is 14.3. The molecule has 0 aliphatic carbocycles. The monoisotopic (exact) mass is 486 g/mol. The Hall–Kier alpha value is -2.11. The lowest BCUT2D eigenvalue weighted by Crippen LogP contribution is -2.44. The Morgan fingerprint density at radius 3 is 2.48 bits per heavy atom. The van der Waals surface area contributed by atoms with Crippen LogP contribution in [0.4, 0.5) is 5.69 Å². The van der Waals surface area contributed by atoms with Crippen molar-refractivity contribution >= 4 is 42.8 Å². The fraction of sp³-hybridized carbons (Fsp3) is 0.450. The fourth-order valence-electron chi connectivity index (χ4n) is 3.44. The molecule has 11 heteroatoms. The van der Waals surface area contributed by atoms with Gasteiger partial charge in [0.05, 0.1) is 17.2 Å². The van der Waals surface area contributed by atoms with E-state index < -0.39 is 19.9 Å². The van der Waals surface area contributed by atoms with Gasteiger partial charge in [-0.05, 0) is 48.6 Å². The molecule has 3 rings (SSSR count). The maximum absolute atomic E-state index is 12.7. The average Bonchev–Trinajstić information content (AvgIpc) is 3.40. The lowest BCUT2D eigenvalue weighted by Gasteiger charge is -2.28. The van der Waals surface area contributed by atoms with E-state index in [1.807, 2.05) is 6.92 Å². The van der Waals surface area contributed by atoms with Crippen LogP contribution in [0, 0.1) is 0 Å². The normalized spacial score (nSPS) is 17.9. The molecule has 1 aromatic heterocycles. The van der Waals surface area contributed by atoms with Gasteiger partial charge in [0.2, 0.25) is 0 Å². The number of carbonyl (C=O) groups excluding carboxylic acids is 1. The summed E-state index contributed by atoms with van der Waals surface area (Å²) < 4.78 is 55.8. The Kier molecular flexibility index (Phi) is 7.28. The van der Waals surface area contributed by atoms with Gasteiger partial charge in [-0.2, -0.15) is 0 Å². The van der Waals surface area contributed by atoms with Gasteiger partial charge in [-0.1, -0.05) is 13.0 Å². The van der Waals surface area contributed by atoms with E-state index in [9.17, 15) is 21.6 Å². The second-order valence-corrected chi connectivity index (χ2v) is 12.7. The molecule has 0 N–H and O–H groups in total. The highest BCUT2D eigenvalue weighted by molar-refractivity contribution is 7.94. The molecule has 0 saturated carbocycles. The lowest BCUT2D eigenvalue weighted by molar-refractivity contribution is -0.135. The van der Waals surface area contributed by atoms with E-state index in [-0.39, 0.29) is 34.3 Å². The highest BCUT2D eigenvalue weighted by Crippen LogP contribution is 2.26. The molecule has 1 amide bonds. The second kappa shape index (κ2) is 9.58. The van der Waals surface area contributed by atoms with Crippen LogP contribution in [0.25, 0.3) is 0 Å². The van der Waals surface area contributed by atoms with Gasteiger partial charge in [-0.3, -0.25) is 9.10 Å². The maximum atomic E-state index is 12.7. The first kappa shape index (κ1) is 23.6. The average molecular weight is 487 g/mol. The molecule has 31 heavy (non-hydrogen) atoms. The molecular weight excluding hydrogens is 460 g/mol. The van der Waals surface area contributed by atoms with Crippen LogP contribution in [-0.2, 0) is 24.7 Å². The molecule has 2 heterocycles. The molecule has 1 aliphatic rings. The van der Waals surface area contributed by atoms with Gasteiger partial charge in [-0.15, -0.1) is 11.3 Å². The van der Waals surface area contributed by atoms with E-state index >= 15 is 0 Å². The van der Waals surface area contributed by atoms with E-state index in [1.165, 1.54) is 11.4 Å². The Morgan fingerprint density at radius 1 is 1.23 bits per heavy atom. The van der Waals surface area contributed by atoms with Crippen molar-refractivity contribution in [1.29, 1.82) is 0 Å². The van der Waals surface area contributed by atoms with Gasteiger partial charge < -0.3 is 9.64 Å². The van der Waals surface area contributed by atoms with Crippen molar-refractivity contribution in [2.24, 2.45) is 0 Å². The number of nitrogens with zero attached hydrogens (tertiary/aromatic N) is 2. The second-order valence-electron chi connectivity index (χ2n) is 7.33. The van der Waals surface area contributed by atoms with Crippen LogP contribution in [-0.4, -0.2) is 65.4 Å². The smallest absolute Gasteiger partial charge is 0.273 e. The number of benzene rings is 1. The van der Waals surface area contributed by atoms with Crippen LogP contribution < -0.4 is 9.04 Å². The summed E-state index contributed by atoms with van der Waals surface area (Å²) in [6.07, 6.45) is 1.18. The molecule has 170 valence electrons. The Labute approximate surface area is 187 Å². The van der Waals surface area contributed by atoms with E-state index in [1.54, 1.807) is 46.7 Å². The third-order valence-electron chi connectivity index (χ3n) is 5.11. The summed E-state index contributed by atoms with van der Waals surface area (Å²) >= 11 is 1.15. The summed E-state index contributed by atoms with van der Waals surface area (Å²) in [5.41, 5.74) is 0.468. The number of carbonyl (C=O) groups is 1. The molecule has 1 aliphatic heterocycles. The molecule has 2 aromatic rings. The van der Waals surface area contributed by atoms with E-state index in [0.717, 1.165) is 17.8 Å². The van der Waals surface area contributed by atoms with Gasteiger partial charge in [0.1, 0.15) is 9.96 Å². The minimum Gasteiger partial charge on any atom is -0.484 e. The van der Waals surface area contributed by atoms with Crippen molar-refractivity contribution in [3.63, 3.8) is 0 Å².